The lowest BCUT2D eigenvalue weighted by Crippen LogP contribution is -2.22. The number of benzene rings is 4. The van der Waals surface area contributed by atoms with Gasteiger partial charge in [0.1, 0.15) is 17.4 Å². The first-order chi connectivity index (χ1) is 17.0. The van der Waals surface area contributed by atoms with E-state index in [1.807, 2.05) is 36.4 Å². The fraction of sp³-hybridized carbons (Fsp3) is 0. The minimum Gasteiger partial charge on any atom is -0.545 e. The van der Waals surface area contributed by atoms with Gasteiger partial charge < -0.3 is 20.0 Å². The molecule has 7 nitrogen and oxygen atoms in total. The molecule has 4 aromatic carbocycles. The lowest BCUT2D eigenvalue weighted by Gasteiger charge is -2.10. The summed E-state index contributed by atoms with van der Waals surface area (Å²) >= 11 is 0. The van der Waals surface area contributed by atoms with Gasteiger partial charge in [-0.05, 0) is 46.7 Å². The van der Waals surface area contributed by atoms with Crippen LogP contribution < -0.4 is 15.2 Å². The predicted molar refractivity (Wildman–Crippen MR) is 128 cm³/mol. The molecule has 1 amide bonds. The molecule has 35 heavy (non-hydrogen) atoms. The highest BCUT2D eigenvalue weighted by molar-refractivity contribution is 6.10. The summed E-state index contributed by atoms with van der Waals surface area (Å²) in [5.41, 5.74) is 0.534. The maximum absolute atomic E-state index is 13.0. The number of nitrogens with one attached hydrogen (secondary N) is 1. The number of esters is 1. The lowest BCUT2D eigenvalue weighted by atomic mass is 10.0. The molecule has 4 rings (SSSR count). The van der Waals surface area contributed by atoms with E-state index in [9.17, 15) is 24.8 Å². The Morgan fingerprint density at radius 1 is 0.886 bits per heavy atom. The summed E-state index contributed by atoms with van der Waals surface area (Å²) in [7, 11) is 0. The SMILES string of the molecule is N#C/C(=C/c1ccccc1OC(=O)c1cccc2ccccc12)C(=O)Nc1cccc(C(=O)[O-])c1. The van der Waals surface area contributed by atoms with E-state index in [2.05, 4.69) is 5.32 Å². The molecule has 0 aliphatic heterocycles. The number of fused-ring (bicyclic) bond motifs is 1. The molecule has 0 bridgehead atoms. The number of carboxylic acid groups (broad SMARTS) is 1. The van der Waals surface area contributed by atoms with Gasteiger partial charge in [-0.1, -0.05) is 66.7 Å². The molecule has 0 saturated carbocycles. The van der Waals surface area contributed by atoms with E-state index in [0.717, 1.165) is 10.8 Å². The molecule has 0 atom stereocenters. The van der Waals surface area contributed by atoms with Crippen molar-refractivity contribution in [3.05, 3.63) is 113 Å². The highest BCUT2D eigenvalue weighted by atomic mass is 16.5. The van der Waals surface area contributed by atoms with Crippen LogP contribution in [0.1, 0.15) is 26.3 Å². The normalized spacial score (nSPS) is 10.9. The number of rotatable bonds is 6. The van der Waals surface area contributed by atoms with Gasteiger partial charge in [0.05, 0.1) is 11.5 Å². The molecule has 0 aliphatic carbocycles. The van der Waals surface area contributed by atoms with Gasteiger partial charge in [-0.25, -0.2) is 4.79 Å². The quantitative estimate of drug-likeness (QED) is 0.201. The van der Waals surface area contributed by atoms with E-state index in [1.165, 1.54) is 30.3 Å². The molecular weight excluding hydrogens is 444 g/mol. The molecule has 0 saturated heterocycles. The molecule has 1 N–H and O–H groups in total. The van der Waals surface area contributed by atoms with Crippen LogP contribution in [0.2, 0.25) is 0 Å². The molecule has 0 spiro atoms. The van der Waals surface area contributed by atoms with Crippen LogP contribution >= 0.6 is 0 Å². The zero-order chi connectivity index (χ0) is 24.8. The fourth-order valence-electron chi connectivity index (χ4n) is 3.48. The van der Waals surface area contributed by atoms with Crippen LogP contribution in [0.4, 0.5) is 5.69 Å². The molecule has 7 heteroatoms. The maximum atomic E-state index is 13.0. The number of carboxylic acids is 1. The van der Waals surface area contributed by atoms with Crippen molar-refractivity contribution in [2.45, 2.75) is 0 Å². The van der Waals surface area contributed by atoms with Crippen LogP contribution in [0.5, 0.6) is 5.75 Å². The van der Waals surface area contributed by atoms with E-state index in [-0.39, 0.29) is 22.6 Å². The molecule has 0 aliphatic rings. The highest BCUT2D eigenvalue weighted by Gasteiger charge is 2.16. The van der Waals surface area contributed by atoms with Gasteiger partial charge in [-0.3, -0.25) is 4.79 Å². The second-order valence-electron chi connectivity index (χ2n) is 7.45. The maximum Gasteiger partial charge on any atom is 0.344 e. The summed E-state index contributed by atoms with van der Waals surface area (Å²) in [6.07, 6.45) is 1.30. The smallest absolute Gasteiger partial charge is 0.344 e. The summed E-state index contributed by atoms with van der Waals surface area (Å²) in [5.74, 6) is -2.55. The van der Waals surface area contributed by atoms with E-state index in [4.69, 9.17) is 4.74 Å². The Kier molecular flexibility index (Phi) is 6.66. The molecular formula is C28H17N2O5-. The zero-order valence-electron chi connectivity index (χ0n) is 18.2. The van der Waals surface area contributed by atoms with Crippen molar-refractivity contribution in [2.24, 2.45) is 0 Å². The molecule has 0 aromatic heterocycles. The van der Waals surface area contributed by atoms with Crippen LogP contribution in [0.25, 0.3) is 16.8 Å². The number of para-hydroxylation sites is 1. The van der Waals surface area contributed by atoms with Crippen molar-refractivity contribution in [2.75, 3.05) is 5.32 Å². The van der Waals surface area contributed by atoms with Gasteiger partial charge >= 0.3 is 5.97 Å². The molecule has 0 radical (unpaired) electrons. The van der Waals surface area contributed by atoms with Gasteiger partial charge in [-0.15, -0.1) is 0 Å². The van der Waals surface area contributed by atoms with Crippen molar-refractivity contribution < 1.29 is 24.2 Å². The van der Waals surface area contributed by atoms with Crippen LogP contribution in [0.3, 0.4) is 0 Å². The van der Waals surface area contributed by atoms with Crippen molar-refractivity contribution in [3.8, 4) is 11.8 Å². The third kappa shape index (κ3) is 5.24. The molecule has 4 aromatic rings. The third-order valence-corrected chi connectivity index (χ3v) is 5.15. The molecule has 0 fully saturated rings. The number of aromatic carboxylic acids is 1. The number of carbonyl (C=O) groups is 3. The summed E-state index contributed by atoms with van der Waals surface area (Å²) in [5, 5.41) is 24.7. The number of ether oxygens (including phenoxy) is 1. The number of amides is 1. The Morgan fingerprint density at radius 3 is 2.40 bits per heavy atom. The topological polar surface area (TPSA) is 119 Å². The first-order valence-electron chi connectivity index (χ1n) is 10.5. The molecule has 0 heterocycles. The second kappa shape index (κ2) is 10.1. The number of hydrogen-bond donors (Lipinski definition) is 1. The average molecular weight is 461 g/mol. The summed E-state index contributed by atoms with van der Waals surface area (Å²) in [6, 6.07) is 26.6. The Labute approximate surface area is 200 Å². The lowest BCUT2D eigenvalue weighted by molar-refractivity contribution is -0.255. The van der Waals surface area contributed by atoms with Crippen LogP contribution in [0.15, 0.2) is 96.6 Å². The first kappa shape index (κ1) is 23.0. The van der Waals surface area contributed by atoms with E-state index >= 15 is 0 Å². The van der Waals surface area contributed by atoms with Crippen LogP contribution in [0, 0.1) is 11.3 Å². The van der Waals surface area contributed by atoms with E-state index in [1.54, 1.807) is 36.4 Å². The second-order valence-corrected chi connectivity index (χ2v) is 7.45. The standard InChI is InChI=1S/C28H18N2O5/c29-17-21(26(31)30-22-11-5-10-20(16-22)27(32)33)15-19-8-2-4-14-25(19)35-28(34)24-13-6-9-18-7-1-3-12-23(18)24/h1-16H,(H,30,31)(H,32,33)/p-1/b21-15-. The summed E-state index contributed by atoms with van der Waals surface area (Å²) in [4.78, 5) is 36.7. The highest BCUT2D eigenvalue weighted by Crippen LogP contribution is 2.25. The predicted octanol–water partition coefficient (Wildman–Crippen LogP) is 3.97. The summed E-state index contributed by atoms with van der Waals surface area (Å²) in [6.45, 7) is 0. The summed E-state index contributed by atoms with van der Waals surface area (Å²) < 4.78 is 5.63. The zero-order valence-corrected chi connectivity index (χ0v) is 18.2. The fourth-order valence-corrected chi connectivity index (χ4v) is 3.48. The van der Waals surface area contributed by atoms with Gasteiger partial charge in [0, 0.05) is 11.3 Å². The first-order valence-corrected chi connectivity index (χ1v) is 10.5. The number of carbonyl (C=O) groups excluding carboxylic acids is 3. The van der Waals surface area contributed by atoms with Crippen molar-refractivity contribution >= 4 is 40.4 Å². The van der Waals surface area contributed by atoms with Crippen LogP contribution in [-0.4, -0.2) is 17.8 Å². The van der Waals surface area contributed by atoms with Crippen molar-refractivity contribution in [1.82, 2.24) is 0 Å². The number of nitriles is 1. The Bertz CT molecular complexity index is 1530. The van der Waals surface area contributed by atoms with Gasteiger partial charge in [0.25, 0.3) is 5.91 Å². The van der Waals surface area contributed by atoms with E-state index in [0.29, 0.717) is 11.1 Å². The number of nitrogens with zero attached hydrogens (tertiary/aromatic N) is 1. The molecule has 0 unspecified atom stereocenters. The van der Waals surface area contributed by atoms with Crippen molar-refractivity contribution in [3.63, 3.8) is 0 Å². The number of hydrogen-bond acceptors (Lipinski definition) is 6. The minimum absolute atomic E-state index is 0.115. The molecule has 170 valence electrons. The monoisotopic (exact) mass is 461 g/mol. The Balaban J connectivity index is 1.60. The average Bonchev–Trinajstić information content (AvgIpc) is 2.87. The van der Waals surface area contributed by atoms with Gasteiger partial charge in [0.15, 0.2) is 0 Å². The van der Waals surface area contributed by atoms with Crippen LogP contribution in [-0.2, 0) is 4.79 Å². The van der Waals surface area contributed by atoms with Crippen molar-refractivity contribution in [1.29, 1.82) is 5.26 Å². The Hall–Kier alpha value is -5.22. The van der Waals surface area contributed by atoms with Gasteiger partial charge in [0.2, 0.25) is 0 Å². The Morgan fingerprint density at radius 2 is 1.60 bits per heavy atom. The van der Waals surface area contributed by atoms with Gasteiger partial charge in [-0.2, -0.15) is 5.26 Å². The van der Waals surface area contributed by atoms with E-state index < -0.39 is 17.8 Å². The number of anilines is 1. The third-order valence-electron chi connectivity index (χ3n) is 5.15. The largest absolute Gasteiger partial charge is 0.545 e. The minimum atomic E-state index is -1.39.